The Morgan fingerprint density at radius 3 is 2.81 bits per heavy atom. The van der Waals surface area contributed by atoms with E-state index >= 15 is 0 Å². The van der Waals surface area contributed by atoms with Crippen LogP contribution >= 0.6 is 11.3 Å². The summed E-state index contributed by atoms with van der Waals surface area (Å²) >= 11 is 1.46. The highest BCUT2D eigenvalue weighted by molar-refractivity contribution is 7.15. The summed E-state index contributed by atoms with van der Waals surface area (Å²) in [5.41, 5.74) is 0.726. The molecule has 2 aliphatic heterocycles. The second kappa shape index (κ2) is 11.7. The number of thiazole rings is 1. The maximum absolute atomic E-state index is 13.4. The summed E-state index contributed by atoms with van der Waals surface area (Å²) in [4.78, 5) is 46.2. The number of piperidine rings is 1. The minimum atomic E-state index is -0.657. The van der Waals surface area contributed by atoms with Crippen LogP contribution in [0.25, 0.3) is 0 Å². The van der Waals surface area contributed by atoms with Crippen molar-refractivity contribution in [1.82, 2.24) is 20.5 Å². The average molecular weight is 512 g/mol. The highest BCUT2D eigenvalue weighted by Gasteiger charge is 2.41. The van der Waals surface area contributed by atoms with Crippen LogP contribution in [0.5, 0.6) is 5.75 Å². The molecule has 1 unspecified atom stereocenters. The van der Waals surface area contributed by atoms with E-state index in [4.69, 9.17) is 4.74 Å². The molecule has 3 heterocycles. The number of aryl methyl sites for hydroxylation is 2. The summed E-state index contributed by atoms with van der Waals surface area (Å²) in [5, 5.41) is 9.35. The van der Waals surface area contributed by atoms with Gasteiger partial charge in [-0.15, -0.1) is 11.3 Å². The lowest BCUT2D eigenvalue weighted by Gasteiger charge is -2.41. The summed E-state index contributed by atoms with van der Waals surface area (Å²) in [7, 11) is 0. The number of ether oxygens (including phenoxy) is 1. The van der Waals surface area contributed by atoms with Crippen LogP contribution in [0.1, 0.15) is 40.2 Å². The van der Waals surface area contributed by atoms with Gasteiger partial charge in [0.25, 0.3) is 5.91 Å². The van der Waals surface area contributed by atoms with Gasteiger partial charge in [0.05, 0.1) is 23.2 Å². The first kappa shape index (κ1) is 25.8. The highest BCUT2D eigenvalue weighted by Crippen LogP contribution is 2.34. The van der Waals surface area contributed by atoms with Gasteiger partial charge >= 0.3 is 0 Å². The van der Waals surface area contributed by atoms with Crippen molar-refractivity contribution in [3.05, 3.63) is 52.6 Å². The van der Waals surface area contributed by atoms with Crippen LogP contribution in [-0.2, 0) is 9.59 Å². The fraction of sp³-hybridized carbons (Fsp3) is 0.462. The summed E-state index contributed by atoms with van der Waals surface area (Å²) in [5.74, 6) is 0.0930. The van der Waals surface area contributed by atoms with E-state index in [-0.39, 0.29) is 24.3 Å². The first-order valence-corrected chi connectivity index (χ1v) is 13.1. The Hall–Kier alpha value is -3.24. The molecule has 10 heteroatoms. The molecule has 1 spiro atoms. The van der Waals surface area contributed by atoms with Crippen molar-refractivity contribution in [3.8, 4) is 5.75 Å². The molecule has 1 aromatic heterocycles. The number of likely N-dealkylation sites (tertiary alicyclic amines) is 1. The van der Waals surface area contributed by atoms with Gasteiger partial charge in [0.2, 0.25) is 11.8 Å². The highest BCUT2D eigenvalue weighted by atomic mass is 32.1. The van der Waals surface area contributed by atoms with Gasteiger partial charge in [-0.25, -0.2) is 4.98 Å². The number of nitrogens with one attached hydrogen (secondary N) is 3. The second-order valence-electron chi connectivity index (χ2n) is 9.30. The Kier molecular flexibility index (Phi) is 8.37. The van der Waals surface area contributed by atoms with Crippen molar-refractivity contribution in [1.29, 1.82) is 0 Å². The van der Waals surface area contributed by atoms with Gasteiger partial charge < -0.3 is 20.7 Å². The monoisotopic (exact) mass is 511 g/mol. The minimum absolute atomic E-state index is 0.0592. The predicted octanol–water partition coefficient (Wildman–Crippen LogP) is 2.67. The van der Waals surface area contributed by atoms with Gasteiger partial charge in [0.15, 0.2) is 5.13 Å². The van der Waals surface area contributed by atoms with E-state index in [1.165, 1.54) is 11.3 Å². The molecule has 2 aliphatic rings. The topological polar surface area (TPSA) is 113 Å². The SMILES string of the molecule is Cc1nc(NC(=O)CN2CCCC3(C/C=C\COc4ccccc4C(=O)NCCNC3=O)C2)sc1C. The summed E-state index contributed by atoms with van der Waals surface area (Å²) in [6.07, 6.45) is 5.93. The molecule has 1 atom stereocenters. The molecule has 192 valence electrons. The smallest absolute Gasteiger partial charge is 0.255 e. The van der Waals surface area contributed by atoms with E-state index < -0.39 is 5.41 Å². The molecule has 0 bridgehead atoms. The average Bonchev–Trinajstić information content (AvgIpc) is 3.17. The zero-order valence-electron chi connectivity index (χ0n) is 20.8. The standard InChI is InChI=1S/C26H33N5O4S/c1-18-19(2)36-25(29-18)30-22(32)16-31-14-7-11-26(17-31)10-5-6-15-35-21-9-4-3-8-20(21)23(33)27-12-13-28-24(26)34/h3-6,8-9H,7,10-17H2,1-2H3,(H,27,33)(H,28,34)(H,29,30,32)/b6-5-. The Morgan fingerprint density at radius 2 is 2.00 bits per heavy atom. The van der Waals surface area contributed by atoms with E-state index in [9.17, 15) is 14.4 Å². The molecule has 2 aromatic rings. The lowest BCUT2D eigenvalue weighted by Crippen LogP contribution is -2.53. The molecule has 1 saturated heterocycles. The molecule has 3 N–H and O–H groups in total. The predicted molar refractivity (Wildman–Crippen MR) is 139 cm³/mol. The zero-order valence-corrected chi connectivity index (χ0v) is 21.6. The third-order valence-electron chi connectivity index (χ3n) is 6.62. The number of nitrogens with zero attached hydrogens (tertiary/aromatic N) is 2. The van der Waals surface area contributed by atoms with Crippen molar-refractivity contribution in [2.24, 2.45) is 5.41 Å². The van der Waals surface area contributed by atoms with Gasteiger partial charge in [0, 0.05) is 24.5 Å². The van der Waals surface area contributed by atoms with E-state index in [0.29, 0.717) is 49.1 Å². The summed E-state index contributed by atoms with van der Waals surface area (Å²) < 4.78 is 5.83. The molecule has 9 nitrogen and oxygen atoms in total. The molecular weight excluding hydrogens is 478 g/mol. The number of allylic oxidation sites excluding steroid dienone is 1. The number of rotatable bonds is 3. The molecule has 36 heavy (non-hydrogen) atoms. The van der Waals surface area contributed by atoms with Gasteiger partial charge in [-0.05, 0) is 51.8 Å². The number of para-hydroxylation sites is 1. The summed E-state index contributed by atoms with van der Waals surface area (Å²) in [6.45, 7) is 6.25. The number of aromatic nitrogens is 1. The lowest BCUT2D eigenvalue weighted by atomic mass is 9.76. The fourth-order valence-corrected chi connectivity index (χ4v) is 5.46. The van der Waals surface area contributed by atoms with Crippen LogP contribution in [0.15, 0.2) is 36.4 Å². The molecule has 0 aliphatic carbocycles. The van der Waals surface area contributed by atoms with E-state index in [2.05, 4.69) is 20.9 Å². The van der Waals surface area contributed by atoms with Gasteiger partial charge in [-0.2, -0.15) is 0 Å². The quantitative estimate of drug-likeness (QED) is 0.546. The van der Waals surface area contributed by atoms with Crippen molar-refractivity contribution >= 4 is 34.2 Å². The Morgan fingerprint density at radius 1 is 1.19 bits per heavy atom. The van der Waals surface area contributed by atoms with Crippen LogP contribution in [0.4, 0.5) is 5.13 Å². The Labute approximate surface area is 215 Å². The number of carbonyl (C=O) groups excluding carboxylic acids is 3. The minimum Gasteiger partial charge on any atom is -0.489 e. The first-order valence-electron chi connectivity index (χ1n) is 12.3. The maximum Gasteiger partial charge on any atom is 0.255 e. The normalized spacial score (nSPS) is 22.5. The van der Waals surface area contributed by atoms with Crippen LogP contribution in [-0.4, -0.2) is 66.9 Å². The van der Waals surface area contributed by atoms with Gasteiger partial charge in [-0.3, -0.25) is 19.3 Å². The van der Waals surface area contributed by atoms with Crippen LogP contribution in [0.3, 0.4) is 0 Å². The zero-order chi connectivity index (χ0) is 25.5. The van der Waals surface area contributed by atoms with Crippen LogP contribution in [0, 0.1) is 19.3 Å². The third kappa shape index (κ3) is 6.30. The van der Waals surface area contributed by atoms with E-state index in [1.54, 1.807) is 18.2 Å². The number of hydrogen-bond donors (Lipinski definition) is 3. The molecule has 0 saturated carbocycles. The fourth-order valence-electron chi connectivity index (χ4n) is 4.62. The number of benzene rings is 1. The van der Waals surface area contributed by atoms with Crippen molar-refractivity contribution in [3.63, 3.8) is 0 Å². The maximum atomic E-state index is 13.4. The molecule has 0 radical (unpaired) electrons. The van der Waals surface area contributed by atoms with E-state index in [1.807, 2.05) is 37.0 Å². The summed E-state index contributed by atoms with van der Waals surface area (Å²) in [6, 6.07) is 7.12. The molecule has 4 rings (SSSR count). The number of anilines is 1. The molecule has 1 fully saturated rings. The molecule has 1 aromatic carbocycles. The number of carbonyl (C=O) groups is 3. The van der Waals surface area contributed by atoms with Crippen LogP contribution in [0.2, 0.25) is 0 Å². The lowest BCUT2D eigenvalue weighted by molar-refractivity contribution is -0.135. The first-order chi connectivity index (χ1) is 17.4. The number of hydrogen-bond acceptors (Lipinski definition) is 7. The molecule has 3 amide bonds. The van der Waals surface area contributed by atoms with Gasteiger partial charge in [0.1, 0.15) is 12.4 Å². The second-order valence-corrected chi connectivity index (χ2v) is 10.5. The van der Waals surface area contributed by atoms with E-state index in [0.717, 1.165) is 30.0 Å². The molecular formula is C26H33N5O4S. The number of amides is 3. The largest absolute Gasteiger partial charge is 0.489 e. The Balaban J connectivity index is 1.43. The van der Waals surface area contributed by atoms with Crippen LogP contribution < -0.4 is 20.7 Å². The van der Waals surface area contributed by atoms with Crippen molar-refractivity contribution in [2.45, 2.75) is 33.1 Å². The number of fused-ring (bicyclic) bond motifs is 1. The third-order valence-corrected chi connectivity index (χ3v) is 7.61. The Bertz CT molecular complexity index is 1130. The van der Waals surface area contributed by atoms with Crippen molar-refractivity contribution in [2.75, 3.05) is 44.6 Å². The van der Waals surface area contributed by atoms with Gasteiger partial charge in [-0.1, -0.05) is 24.3 Å². The van der Waals surface area contributed by atoms with Crippen molar-refractivity contribution < 1.29 is 19.1 Å².